The molecule has 0 fully saturated rings. The highest BCUT2D eigenvalue weighted by Gasteiger charge is 2.16. The molecular formula is C13H20N2S. The molecule has 1 aromatic rings. The summed E-state index contributed by atoms with van der Waals surface area (Å²) in [5, 5.41) is 0. The largest absolute Gasteiger partial charge is 0.370 e. The van der Waals surface area contributed by atoms with Crippen LogP contribution in [-0.2, 0) is 6.42 Å². The van der Waals surface area contributed by atoms with Crippen molar-refractivity contribution in [3.05, 3.63) is 23.8 Å². The average Bonchev–Trinajstić information content (AvgIpc) is 2.35. The summed E-state index contributed by atoms with van der Waals surface area (Å²) in [5.41, 5.74) is 8.42. The van der Waals surface area contributed by atoms with E-state index in [1.807, 2.05) is 11.8 Å². The first-order chi connectivity index (χ1) is 7.85. The van der Waals surface area contributed by atoms with Crippen LogP contribution in [0.25, 0.3) is 0 Å². The molecule has 1 aromatic carbocycles. The lowest BCUT2D eigenvalue weighted by atomic mass is 10.1. The van der Waals surface area contributed by atoms with Crippen LogP contribution in [-0.4, -0.2) is 25.4 Å². The minimum absolute atomic E-state index is 0.784. The maximum Gasteiger partial charge on any atom is 0.0504 e. The van der Waals surface area contributed by atoms with E-state index in [9.17, 15) is 0 Å². The first kappa shape index (κ1) is 11.8. The third-order valence-corrected chi connectivity index (χ3v) is 4.05. The molecule has 88 valence electrons. The van der Waals surface area contributed by atoms with Gasteiger partial charge in [0, 0.05) is 23.7 Å². The highest BCUT2D eigenvalue weighted by molar-refractivity contribution is 7.99. The molecular weight excluding hydrogens is 216 g/mol. The van der Waals surface area contributed by atoms with Gasteiger partial charge in [-0.2, -0.15) is 0 Å². The molecule has 0 bridgehead atoms. The summed E-state index contributed by atoms with van der Waals surface area (Å²) in [6.07, 6.45) is 2.20. The molecule has 0 unspecified atom stereocenters. The smallest absolute Gasteiger partial charge is 0.0504 e. The number of fused-ring (bicyclic) bond motifs is 1. The highest BCUT2D eigenvalue weighted by atomic mass is 32.2. The van der Waals surface area contributed by atoms with Gasteiger partial charge in [0.2, 0.25) is 0 Å². The van der Waals surface area contributed by atoms with E-state index in [-0.39, 0.29) is 0 Å². The van der Waals surface area contributed by atoms with Crippen molar-refractivity contribution in [1.82, 2.24) is 0 Å². The van der Waals surface area contributed by atoms with Crippen LogP contribution in [0.15, 0.2) is 23.1 Å². The van der Waals surface area contributed by atoms with E-state index in [1.165, 1.54) is 21.9 Å². The third-order valence-electron chi connectivity index (χ3n) is 3.02. The van der Waals surface area contributed by atoms with Crippen LogP contribution >= 0.6 is 11.8 Å². The van der Waals surface area contributed by atoms with E-state index in [0.29, 0.717) is 0 Å². The molecule has 1 heterocycles. The van der Waals surface area contributed by atoms with Gasteiger partial charge in [0.05, 0.1) is 5.69 Å². The molecule has 0 aromatic heterocycles. The topological polar surface area (TPSA) is 29.3 Å². The Balaban J connectivity index is 2.18. The van der Waals surface area contributed by atoms with E-state index in [0.717, 1.165) is 32.5 Å². The molecule has 0 radical (unpaired) electrons. The van der Waals surface area contributed by atoms with E-state index >= 15 is 0 Å². The Hall–Kier alpha value is -0.670. The molecule has 2 rings (SSSR count). The van der Waals surface area contributed by atoms with Crippen LogP contribution in [0.4, 0.5) is 5.69 Å². The summed E-state index contributed by atoms with van der Waals surface area (Å²) < 4.78 is 0. The van der Waals surface area contributed by atoms with Gasteiger partial charge in [-0.05, 0) is 37.1 Å². The molecule has 0 amide bonds. The standard InChI is InChI=1S/C13H20N2S/c1-2-11-4-5-12-13(10-11)16-9-8-15(12)7-3-6-14/h4-5,10H,2-3,6-9,14H2,1H3. The van der Waals surface area contributed by atoms with Crippen LogP contribution in [0.3, 0.4) is 0 Å². The summed E-state index contributed by atoms with van der Waals surface area (Å²) in [5.74, 6) is 1.20. The Morgan fingerprint density at radius 1 is 1.44 bits per heavy atom. The number of anilines is 1. The van der Waals surface area contributed by atoms with Crippen LogP contribution < -0.4 is 10.6 Å². The number of hydrogen-bond acceptors (Lipinski definition) is 3. The zero-order valence-corrected chi connectivity index (χ0v) is 10.7. The summed E-state index contributed by atoms with van der Waals surface area (Å²) in [7, 11) is 0. The number of hydrogen-bond donors (Lipinski definition) is 1. The van der Waals surface area contributed by atoms with E-state index in [2.05, 4.69) is 30.0 Å². The van der Waals surface area contributed by atoms with Gasteiger partial charge < -0.3 is 10.6 Å². The van der Waals surface area contributed by atoms with Crippen molar-refractivity contribution in [2.24, 2.45) is 5.73 Å². The van der Waals surface area contributed by atoms with Gasteiger partial charge in [-0.15, -0.1) is 11.8 Å². The Labute approximate surface area is 102 Å². The van der Waals surface area contributed by atoms with Gasteiger partial charge in [-0.1, -0.05) is 13.0 Å². The lowest BCUT2D eigenvalue weighted by Gasteiger charge is -2.31. The minimum atomic E-state index is 0.784. The molecule has 2 nitrogen and oxygen atoms in total. The maximum atomic E-state index is 5.58. The normalized spacial score (nSPS) is 15.0. The second kappa shape index (κ2) is 5.60. The molecule has 16 heavy (non-hydrogen) atoms. The van der Waals surface area contributed by atoms with Gasteiger partial charge in [0.25, 0.3) is 0 Å². The minimum Gasteiger partial charge on any atom is -0.370 e. The summed E-state index contributed by atoms with van der Waals surface area (Å²) in [6, 6.07) is 6.87. The number of rotatable bonds is 4. The Morgan fingerprint density at radius 3 is 3.06 bits per heavy atom. The van der Waals surface area contributed by atoms with Gasteiger partial charge >= 0.3 is 0 Å². The SMILES string of the molecule is CCc1ccc2c(c1)SCCN2CCCN. The summed E-state index contributed by atoms with van der Waals surface area (Å²) in [4.78, 5) is 3.92. The van der Waals surface area contributed by atoms with Crippen LogP contribution in [0.1, 0.15) is 18.9 Å². The van der Waals surface area contributed by atoms with Crippen LogP contribution in [0.5, 0.6) is 0 Å². The predicted molar refractivity (Wildman–Crippen MR) is 72.4 cm³/mol. The van der Waals surface area contributed by atoms with Crippen molar-refractivity contribution in [3.8, 4) is 0 Å². The second-order valence-corrected chi connectivity index (χ2v) is 5.27. The lowest BCUT2D eigenvalue weighted by molar-refractivity contribution is 0.746. The van der Waals surface area contributed by atoms with E-state index < -0.39 is 0 Å². The molecule has 3 heteroatoms. The lowest BCUT2D eigenvalue weighted by Crippen LogP contribution is -2.31. The van der Waals surface area contributed by atoms with Gasteiger partial charge in [0.1, 0.15) is 0 Å². The van der Waals surface area contributed by atoms with Crippen molar-refractivity contribution in [3.63, 3.8) is 0 Å². The van der Waals surface area contributed by atoms with Crippen molar-refractivity contribution >= 4 is 17.4 Å². The number of benzene rings is 1. The first-order valence-electron chi connectivity index (χ1n) is 6.06. The van der Waals surface area contributed by atoms with Gasteiger partial charge in [-0.25, -0.2) is 0 Å². The number of nitrogens with zero attached hydrogens (tertiary/aromatic N) is 1. The molecule has 0 spiro atoms. The quantitative estimate of drug-likeness (QED) is 0.871. The fraction of sp³-hybridized carbons (Fsp3) is 0.538. The number of aryl methyl sites for hydroxylation is 1. The zero-order chi connectivity index (χ0) is 11.4. The van der Waals surface area contributed by atoms with E-state index in [4.69, 9.17) is 5.73 Å². The molecule has 0 saturated carbocycles. The molecule has 1 aliphatic rings. The van der Waals surface area contributed by atoms with Gasteiger partial charge in [0.15, 0.2) is 0 Å². The van der Waals surface area contributed by atoms with Crippen molar-refractivity contribution in [2.75, 3.05) is 30.3 Å². The third kappa shape index (κ3) is 2.53. The Bertz CT molecular complexity index is 352. The van der Waals surface area contributed by atoms with Crippen molar-refractivity contribution < 1.29 is 0 Å². The summed E-state index contributed by atoms with van der Waals surface area (Å²) in [6.45, 7) is 5.24. The van der Waals surface area contributed by atoms with Crippen LogP contribution in [0, 0.1) is 0 Å². The Kier molecular flexibility index (Phi) is 4.13. The van der Waals surface area contributed by atoms with Crippen molar-refractivity contribution in [2.45, 2.75) is 24.7 Å². The molecule has 1 aliphatic heterocycles. The second-order valence-electron chi connectivity index (χ2n) is 4.13. The molecule has 0 aliphatic carbocycles. The maximum absolute atomic E-state index is 5.58. The van der Waals surface area contributed by atoms with Crippen molar-refractivity contribution in [1.29, 1.82) is 0 Å². The average molecular weight is 236 g/mol. The molecule has 2 N–H and O–H groups in total. The van der Waals surface area contributed by atoms with E-state index in [1.54, 1.807) is 0 Å². The highest BCUT2D eigenvalue weighted by Crippen LogP contribution is 2.35. The zero-order valence-electron chi connectivity index (χ0n) is 9.91. The first-order valence-corrected chi connectivity index (χ1v) is 7.04. The number of nitrogens with two attached hydrogens (primary N) is 1. The van der Waals surface area contributed by atoms with Crippen LogP contribution in [0.2, 0.25) is 0 Å². The fourth-order valence-electron chi connectivity index (χ4n) is 2.06. The molecule has 0 atom stereocenters. The number of thioether (sulfide) groups is 1. The predicted octanol–water partition coefficient (Wildman–Crippen LogP) is 2.51. The Morgan fingerprint density at radius 2 is 2.31 bits per heavy atom. The summed E-state index contributed by atoms with van der Waals surface area (Å²) >= 11 is 1.98. The van der Waals surface area contributed by atoms with Gasteiger partial charge in [-0.3, -0.25) is 0 Å². The fourth-order valence-corrected chi connectivity index (χ4v) is 3.17. The monoisotopic (exact) mass is 236 g/mol. The molecule has 0 saturated heterocycles.